The predicted molar refractivity (Wildman–Crippen MR) is 63.0 cm³/mol. The normalized spacial score (nSPS) is 13.9. The van der Waals surface area contributed by atoms with Gasteiger partial charge >= 0.3 is 12.1 Å². The maximum Gasteiger partial charge on any atom is 0.431 e. The van der Waals surface area contributed by atoms with Crippen LogP contribution in [-0.2, 0) is 19.1 Å². The van der Waals surface area contributed by atoms with Crippen LogP contribution in [0.15, 0.2) is 0 Å². The molecule has 0 rings (SSSR count). The van der Waals surface area contributed by atoms with Crippen LogP contribution in [0.3, 0.4) is 0 Å². The number of methoxy groups -OCH3 is 1. The lowest BCUT2D eigenvalue weighted by molar-refractivity contribution is -0.180. The van der Waals surface area contributed by atoms with Gasteiger partial charge in [-0.1, -0.05) is 0 Å². The minimum atomic E-state index is -1.35. The summed E-state index contributed by atoms with van der Waals surface area (Å²) in [5.41, 5.74) is 0.151. The number of nitrogens with one attached hydrogen (secondary N) is 1. The Morgan fingerprint density at radius 3 is 2.00 bits per heavy atom. The Labute approximate surface area is 106 Å². The summed E-state index contributed by atoms with van der Waals surface area (Å²) in [6.07, 6.45) is -2.21. The lowest BCUT2D eigenvalue weighted by Gasteiger charge is -2.29. The van der Waals surface area contributed by atoms with Crippen molar-refractivity contribution in [3.05, 3.63) is 0 Å². The minimum absolute atomic E-state index is 0.692. The molecule has 0 saturated heterocycles. The first-order valence-corrected chi connectivity index (χ1v) is 5.42. The highest BCUT2D eigenvalue weighted by Crippen LogP contribution is 2.16. The number of amides is 1. The van der Waals surface area contributed by atoms with E-state index in [0.717, 1.165) is 0 Å². The first-order chi connectivity index (χ1) is 7.99. The van der Waals surface area contributed by atoms with Crippen LogP contribution >= 0.6 is 0 Å². The van der Waals surface area contributed by atoms with Crippen LogP contribution in [0.25, 0.3) is 0 Å². The molecule has 0 fully saturated rings. The van der Waals surface area contributed by atoms with E-state index in [9.17, 15) is 9.59 Å². The summed E-state index contributed by atoms with van der Waals surface area (Å²) in [4.78, 5) is 27.1. The van der Waals surface area contributed by atoms with Gasteiger partial charge in [-0.3, -0.25) is 4.84 Å². The topological polar surface area (TPSA) is 94.1 Å². The number of hydrogen-bond acceptors (Lipinski definition) is 5. The van der Waals surface area contributed by atoms with Gasteiger partial charge in [-0.05, 0) is 34.6 Å². The molecule has 18 heavy (non-hydrogen) atoms. The smallest absolute Gasteiger partial charge is 0.431 e. The maximum atomic E-state index is 11.3. The number of ether oxygens (including phenoxy) is 2. The average Bonchev–Trinajstić information content (AvgIpc) is 2.14. The van der Waals surface area contributed by atoms with Crippen LogP contribution < -0.4 is 5.48 Å². The van der Waals surface area contributed by atoms with Crippen LogP contribution in [0.5, 0.6) is 0 Å². The van der Waals surface area contributed by atoms with Gasteiger partial charge in [0.1, 0.15) is 11.2 Å². The molecule has 0 aliphatic heterocycles. The zero-order chi connectivity index (χ0) is 14.6. The Hall–Kier alpha value is -1.34. The Bertz CT molecular complexity index is 307. The standard InChI is InChI=1S/C11H21NO6/c1-10(2,3)17-9(15)12-18-7(8(13)14)11(4,5)16-6/h7H,1-6H3,(H,12,15)(H,13,14)/t7-/m0/s1. The predicted octanol–water partition coefficient (Wildman–Crippen LogP) is 1.32. The number of carboxylic acids is 1. The third-order valence-corrected chi connectivity index (χ3v) is 2.04. The van der Waals surface area contributed by atoms with Gasteiger partial charge in [-0.15, -0.1) is 0 Å². The summed E-state index contributed by atoms with van der Waals surface area (Å²) in [6, 6.07) is 0. The quantitative estimate of drug-likeness (QED) is 0.726. The SMILES string of the molecule is COC(C)(C)[C@@H](ONC(=O)OC(C)(C)C)C(=O)O. The van der Waals surface area contributed by atoms with Crippen molar-refractivity contribution in [1.82, 2.24) is 5.48 Å². The fourth-order valence-corrected chi connectivity index (χ4v) is 1.00. The van der Waals surface area contributed by atoms with E-state index in [1.165, 1.54) is 21.0 Å². The van der Waals surface area contributed by atoms with Gasteiger partial charge in [0.25, 0.3) is 0 Å². The van der Waals surface area contributed by atoms with Gasteiger partial charge in [0.15, 0.2) is 0 Å². The van der Waals surface area contributed by atoms with Gasteiger partial charge in [0, 0.05) is 7.11 Å². The molecule has 0 spiro atoms. The van der Waals surface area contributed by atoms with Crippen molar-refractivity contribution >= 4 is 12.1 Å². The summed E-state index contributed by atoms with van der Waals surface area (Å²) >= 11 is 0. The first-order valence-electron chi connectivity index (χ1n) is 5.42. The van der Waals surface area contributed by atoms with E-state index >= 15 is 0 Å². The van der Waals surface area contributed by atoms with E-state index in [0.29, 0.717) is 0 Å². The molecule has 0 bridgehead atoms. The minimum Gasteiger partial charge on any atom is -0.479 e. The van der Waals surface area contributed by atoms with E-state index < -0.39 is 29.4 Å². The van der Waals surface area contributed by atoms with Crippen LogP contribution in [0.4, 0.5) is 4.79 Å². The van der Waals surface area contributed by atoms with Crippen molar-refractivity contribution in [2.75, 3.05) is 7.11 Å². The summed E-state index contributed by atoms with van der Waals surface area (Å²) in [5.74, 6) is -1.25. The number of carboxylic acid groups (broad SMARTS) is 1. The van der Waals surface area contributed by atoms with Gasteiger partial charge in [-0.25, -0.2) is 9.59 Å². The van der Waals surface area contributed by atoms with Crippen LogP contribution in [0, 0.1) is 0 Å². The lowest BCUT2D eigenvalue weighted by atomic mass is 10.0. The average molecular weight is 263 g/mol. The van der Waals surface area contributed by atoms with E-state index in [1.807, 2.05) is 5.48 Å². The number of hydroxylamine groups is 1. The summed E-state index contributed by atoms with van der Waals surface area (Å²) in [5, 5.41) is 8.99. The highest BCUT2D eigenvalue weighted by molar-refractivity contribution is 5.74. The lowest BCUT2D eigenvalue weighted by Crippen LogP contribution is -2.49. The molecule has 0 aromatic heterocycles. The molecule has 0 aliphatic carbocycles. The van der Waals surface area contributed by atoms with Crippen molar-refractivity contribution in [3.63, 3.8) is 0 Å². The molecule has 1 atom stereocenters. The van der Waals surface area contributed by atoms with Crippen LogP contribution in [0.1, 0.15) is 34.6 Å². The van der Waals surface area contributed by atoms with Crippen molar-refractivity contribution in [2.45, 2.75) is 51.9 Å². The third kappa shape index (κ3) is 5.83. The fraction of sp³-hybridized carbons (Fsp3) is 0.818. The second kappa shape index (κ2) is 6.01. The maximum absolute atomic E-state index is 11.3. The first kappa shape index (κ1) is 16.7. The van der Waals surface area contributed by atoms with E-state index in [4.69, 9.17) is 19.4 Å². The molecule has 106 valence electrons. The van der Waals surface area contributed by atoms with Crippen LogP contribution in [-0.4, -0.2) is 41.6 Å². The molecule has 7 nitrogen and oxygen atoms in total. The second-order valence-corrected chi connectivity index (χ2v) is 5.25. The van der Waals surface area contributed by atoms with E-state index in [1.54, 1.807) is 20.8 Å². The molecule has 0 unspecified atom stereocenters. The largest absolute Gasteiger partial charge is 0.479 e. The van der Waals surface area contributed by atoms with E-state index in [-0.39, 0.29) is 0 Å². The summed E-state index contributed by atoms with van der Waals surface area (Å²) in [6.45, 7) is 8.10. The number of aliphatic carboxylic acids is 1. The number of rotatable bonds is 5. The Morgan fingerprint density at radius 1 is 1.17 bits per heavy atom. The molecule has 0 heterocycles. The summed E-state index contributed by atoms with van der Waals surface area (Å²) < 4.78 is 9.90. The highest BCUT2D eigenvalue weighted by Gasteiger charge is 2.38. The van der Waals surface area contributed by atoms with Gasteiger partial charge in [-0.2, -0.15) is 5.48 Å². The Balaban J connectivity index is 4.48. The fourth-order valence-electron chi connectivity index (χ4n) is 1.00. The monoisotopic (exact) mass is 263 g/mol. The molecule has 0 aliphatic rings. The molecule has 7 heteroatoms. The van der Waals surface area contributed by atoms with Crippen molar-refractivity contribution < 1.29 is 29.0 Å². The number of carbonyl (C=O) groups excluding carboxylic acids is 1. The van der Waals surface area contributed by atoms with Gasteiger partial charge < -0.3 is 14.6 Å². The number of carbonyl (C=O) groups is 2. The Morgan fingerprint density at radius 2 is 1.67 bits per heavy atom. The molecule has 1 amide bonds. The molecule has 0 aromatic rings. The molecule has 2 N–H and O–H groups in total. The molecule has 0 radical (unpaired) electrons. The van der Waals surface area contributed by atoms with Gasteiger partial charge in [0.05, 0.1) is 0 Å². The third-order valence-electron chi connectivity index (χ3n) is 2.04. The molecule has 0 aromatic carbocycles. The van der Waals surface area contributed by atoms with Crippen LogP contribution in [0.2, 0.25) is 0 Å². The molecule has 0 saturated carbocycles. The van der Waals surface area contributed by atoms with Gasteiger partial charge in [0.2, 0.25) is 6.10 Å². The highest BCUT2D eigenvalue weighted by atomic mass is 16.7. The van der Waals surface area contributed by atoms with Crippen molar-refractivity contribution in [3.8, 4) is 0 Å². The second-order valence-electron chi connectivity index (χ2n) is 5.25. The van der Waals surface area contributed by atoms with Crippen molar-refractivity contribution in [2.24, 2.45) is 0 Å². The molecular weight excluding hydrogens is 242 g/mol. The van der Waals surface area contributed by atoms with Crippen molar-refractivity contribution in [1.29, 1.82) is 0 Å². The number of hydrogen-bond donors (Lipinski definition) is 2. The van der Waals surface area contributed by atoms with E-state index in [2.05, 4.69) is 0 Å². The summed E-state index contributed by atoms with van der Waals surface area (Å²) in [7, 11) is 1.35. The molecular formula is C11H21NO6. The zero-order valence-electron chi connectivity index (χ0n) is 11.6. The zero-order valence-corrected chi connectivity index (χ0v) is 11.6. The Kier molecular flexibility index (Phi) is 5.56.